The fourth-order valence-electron chi connectivity index (χ4n) is 2.26. The van der Waals surface area contributed by atoms with Crippen LogP contribution in [0, 0.1) is 5.92 Å². The van der Waals surface area contributed by atoms with Gasteiger partial charge in [0.15, 0.2) is 0 Å². The van der Waals surface area contributed by atoms with Gasteiger partial charge in [-0.15, -0.1) is 0 Å². The van der Waals surface area contributed by atoms with Gasteiger partial charge >= 0.3 is 0 Å². The van der Waals surface area contributed by atoms with Crippen molar-refractivity contribution in [2.45, 2.75) is 19.8 Å². The fourth-order valence-corrected chi connectivity index (χ4v) is 2.26. The summed E-state index contributed by atoms with van der Waals surface area (Å²) < 4.78 is 0. The van der Waals surface area contributed by atoms with Crippen LogP contribution < -0.4 is 5.32 Å². The number of carbonyl (C=O) groups excluding carboxylic acids is 1. The summed E-state index contributed by atoms with van der Waals surface area (Å²) in [4.78, 5) is 22.0. The Kier molecular flexibility index (Phi) is 4.64. The summed E-state index contributed by atoms with van der Waals surface area (Å²) in [5, 5.41) is 2.95. The lowest BCUT2D eigenvalue weighted by Crippen LogP contribution is -2.38. The summed E-state index contributed by atoms with van der Waals surface area (Å²) in [5.41, 5.74) is 0.441. The van der Waals surface area contributed by atoms with E-state index in [2.05, 4.69) is 27.1 Å². The molecule has 1 fully saturated rings. The van der Waals surface area contributed by atoms with Gasteiger partial charge in [0.05, 0.1) is 0 Å². The summed E-state index contributed by atoms with van der Waals surface area (Å²) in [7, 11) is 0. The van der Waals surface area contributed by atoms with Crippen molar-refractivity contribution in [1.82, 2.24) is 20.2 Å². The minimum Gasteiger partial charge on any atom is -0.350 e. The van der Waals surface area contributed by atoms with E-state index in [0.717, 1.165) is 39.0 Å². The molecule has 18 heavy (non-hydrogen) atoms. The minimum absolute atomic E-state index is 0.102. The molecule has 1 aliphatic rings. The number of hydrogen-bond acceptors (Lipinski definition) is 4. The van der Waals surface area contributed by atoms with Crippen LogP contribution >= 0.6 is 0 Å². The Labute approximate surface area is 108 Å². The maximum absolute atomic E-state index is 11.8. The van der Waals surface area contributed by atoms with Crippen LogP contribution in [0.4, 0.5) is 0 Å². The quantitative estimate of drug-likeness (QED) is 0.861. The highest BCUT2D eigenvalue weighted by Gasteiger charge is 2.18. The van der Waals surface area contributed by atoms with Gasteiger partial charge in [-0.25, -0.2) is 9.97 Å². The number of likely N-dealkylation sites (tertiary alicyclic amines) is 1. The van der Waals surface area contributed by atoms with Gasteiger partial charge in [-0.05, 0) is 44.5 Å². The Morgan fingerprint density at radius 3 is 2.89 bits per heavy atom. The van der Waals surface area contributed by atoms with E-state index in [0.29, 0.717) is 11.6 Å². The van der Waals surface area contributed by atoms with E-state index in [-0.39, 0.29) is 5.91 Å². The summed E-state index contributed by atoms with van der Waals surface area (Å²) in [6.07, 6.45) is 5.31. The molecule has 0 radical (unpaired) electrons. The predicted octanol–water partition coefficient (Wildman–Crippen LogP) is 0.938. The highest BCUT2D eigenvalue weighted by atomic mass is 16.1. The van der Waals surface area contributed by atoms with Gasteiger partial charge in [0.2, 0.25) is 0 Å². The van der Waals surface area contributed by atoms with Crippen LogP contribution in [0.3, 0.4) is 0 Å². The van der Waals surface area contributed by atoms with Gasteiger partial charge in [-0.3, -0.25) is 4.79 Å². The van der Waals surface area contributed by atoms with E-state index in [1.54, 1.807) is 12.3 Å². The van der Waals surface area contributed by atoms with Crippen LogP contribution in [-0.2, 0) is 0 Å². The summed E-state index contributed by atoms with van der Waals surface area (Å²) in [6, 6.07) is 1.63. The third kappa shape index (κ3) is 3.50. The maximum atomic E-state index is 11.8. The SMILES string of the molecule is CCN1CCC(CNC(=O)c2ccncn2)CC1. The molecule has 1 aromatic rings. The van der Waals surface area contributed by atoms with E-state index in [1.807, 2.05) is 0 Å². The molecule has 2 rings (SSSR count). The Morgan fingerprint density at radius 1 is 1.50 bits per heavy atom. The number of rotatable bonds is 4. The third-order valence-electron chi connectivity index (χ3n) is 3.52. The first-order valence-electron chi connectivity index (χ1n) is 6.56. The lowest BCUT2D eigenvalue weighted by molar-refractivity contribution is 0.0931. The molecule has 0 bridgehead atoms. The molecule has 0 aromatic carbocycles. The molecule has 1 aliphatic heterocycles. The normalized spacial score (nSPS) is 17.6. The second kappa shape index (κ2) is 6.44. The third-order valence-corrected chi connectivity index (χ3v) is 3.52. The number of nitrogens with one attached hydrogen (secondary N) is 1. The van der Waals surface area contributed by atoms with E-state index in [9.17, 15) is 4.79 Å². The molecule has 0 saturated carbocycles. The highest BCUT2D eigenvalue weighted by molar-refractivity contribution is 5.91. The molecule has 1 aromatic heterocycles. The van der Waals surface area contributed by atoms with E-state index in [4.69, 9.17) is 0 Å². The van der Waals surface area contributed by atoms with E-state index < -0.39 is 0 Å². The Bertz CT molecular complexity index is 374. The number of hydrogen-bond donors (Lipinski definition) is 1. The van der Waals surface area contributed by atoms with Crippen molar-refractivity contribution in [3.8, 4) is 0 Å². The molecule has 5 heteroatoms. The smallest absolute Gasteiger partial charge is 0.270 e. The number of carbonyl (C=O) groups is 1. The zero-order valence-electron chi connectivity index (χ0n) is 10.8. The van der Waals surface area contributed by atoms with Gasteiger partial charge in [0, 0.05) is 12.7 Å². The van der Waals surface area contributed by atoms with E-state index in [1.165, 1.54) is 6.33 Å². The summed E-state index contributed by atoms with van der Waals surface area (Å²) >= 11 is 0. The largest absolute Gasteiger partial charge is 0.350 e. The van der Waals surface area contributed by atoms with Crippen LogP contribution in [0.25, 0.3) is 0 Å². The number of amides is 1. The average molecular weight is 248 g/mol. The monoisotopic (exact) mass is 248 g/mol. The molecule has 0 unspecified atom stereocenters. The Balaban J connectivity index is 1.74. The lowest BCUT2D eigenvalue weighted by atomic mass is 9.97. The van der Waals surface area contributed by atoms with Crippen LogP contribution in [-0.4, -0.2) is 47.0 Å². The maximum Gasteiger partial charge on any atom is 0.270 e. The van der Waals surface area contributed by atoms with Crippen LogP contribution in [0.5, 0.6) is 0 Å². The zero-order chi connectivity index (χ0) is 12.8. The second-order valence-electron chi connectivity index (χ2n) is 4.68. The van der Waals surface area contributed by atoms with Gasteiger partial charge in [-0.1, -0.05) is 6.92 Å². The molecule has 1 N–H and O–H groups in total. The molecular weight excluding hydrogens is 228 g/mol. The Hall–Kier alpha value is -1.49. The van der Waals surface area contributed by atoms with Crippen molar-refractivity contribution in [3.05, 3.63) is 24.3 Å². The van der Waals surface area contributed by atoms with Crippen molar-refractivity contribution in [2.24, 2.45) is 5.92 Å². The second-order valence-corrected chi connectivity index (χ2v) is 4.68. The molecule has 0 aliphatic carbocycles. The molecule has 5 nitrogen and oxygen atoms in total. The predicted molar refractivity (Wildman–Crippen MR) is 69.2 cm³/mol. The number of aromatic nitrogens is 2. The van der Waals surface area contributed by atoms with Crippen LogP contribution in [0.2, 0.25) is 0 Å². The topological polar surface area (TPSA) is 58.1 Å². The first-order chi connectivity index (χ1) is 8.79. The molecular formula is C13H20N4O. The lowest BCUT2D eigenvalue weighted by Gasteiger charge is -2.30. The Morgan fingerprint density at radius 2 is 2.28 bits per heavy atom. The van der Waals surface area contributed by atoms with Crippen LogP contribution in [0.15, 0.2) is 18.6 Å². The molecule has 0 spiro atoms. The van der Waals surface area contributed by atoms with Gasteiger partial charge < -0.3 is 10.2 Å². The summed E-state index contributed by atoms with van der Waals surface area (Å²) in [6.45, 7) is 6.35. The molecule has 1 amide bonds. The molecule has 1 saturated heterocycles. The standard InChI is InChI=1S/C13H20N4O/c1-2-17-7-4-11(5-8-17)9-15-13(18)12-3-6-14-10-16-12/h3,6,10-11H,2,4-5,7-9H2,1H3,(H,15,18). The summed E-state index contributed by atoms with van der Waals surface area (Å²) in [5.74, 6) is 0.494. The van der Waals surface area contributed by atoms with Crippen molar-refractivity contribution >= 4 is 5.91 Å². The van der Waals surface area contributed by atoms with Crippen molar-refractivity contribution in [2.75, 3.05) is 26.2 Å². The number of piperidine rings is 1. The molecule has 2 heterocycles. The first kappa shape index (κ1) is 13.0. The highest BCUT2D eigenvalue weighted by Crippen LogP contribution is 2.15. The van der Waals surface area contributed by atoms with Gasteiger partial charge in [-0.2, -0.15) is 0 Å². The first-order valence-corrected chi connectivity index (χ1v) is 6.56. The molecule has 98 valence electrons. The van der Waals surface area contributed by atoms with Crippen molar-refractivity contribution in [3.63, 3.8) is 0 Å². The van der Waals surface area contributed by atoms with E-state index >= 15 is 0 Å². The average Bonchev–Trinajstić information content (AvgIpc) is 2.46. The van der Waals surface area contributed by atoms with Crippen LogP contribution in [0.1, 0.15) is 30.3 Å². The molecule has 0 atom stereocenters. The van der Waals surface area contributed by atoms with Crippen molar-refractivity contribution in [1.29, 1.82) is 0 Å². The minimum atomic E-state index is -0.102. The van der Waals surface area contributed by atoms with Gasteiger partial charge in [0.1, 0.15) is 12.0 Å². The fraction of sp³-hybridized carbons (Fsp3) is 0.615. The van der Waals surface area contributed by atoms with Crippen molar-refractivity contribution < 1.29 is 4.79 Å². The van der Waals surface area contributed by atoms with Gasteiger partial charge in [0.25, 0.3) is 5.91 Å². The zero-order valence-corrected chi connectivity index (χ0v) is 10.8. The number of nitrogens with zero attached hydrogens (tertiary/aromatic N) is 3.